The van der Waals surface area contributed by atoms with Crippen LogP contribution in [0.25, 0.3) is 0 Å². The van der Waals surface area contributed by atoms with Crippen LogP contribution in [-0.2, 0) is 14.3 Å². The third-order valence-electron chi connectivity index (χ3n) is 7.06. The van der Waals surface area contributed by atoms with Crippen molar-refractivity contribution in [3.05, 3.63) is 29.8 Å². The summed E-state index contributed by atoms with van der Waals surface area (Å²) in [5.41, 5.74) is 0.794. The van der Waals surface area contributed by atoms with Crippen LogP contribution in [0, 0.1) is 23.2 Å². The van der Waals surface area contributed by atoms with Crippen LogP contribution in [-0.4, -0.2) is 24.8 Å². The van der Waals surface area contributed by atoms with Crippen molar-refractivity contribution in [2.24, 2.45) is 23.2 Å². The first-order valence-electron chi connectivity index (χ1n) is 9.46. The van der Waals surface area contributed by atoms with Crippen molar-refractivity contribution >= 4 is 5.97 Å². The fourth-order valence-electron chi connectivity index (χ4n) is 5.57. The number of hydrogen-bond donors (Lipinski definition) is 0. The maximum atomic E-state index is 11.8. The van der Waals surface area contributed by atoms with E-state index < -0.39 is 0 Å². The second-order valence-electron chi connectivity index (χ2n) is 8.35. The molecule has 2 bridgehead atoms. The molecule has 4 nitrogen and oxygen atoms in total. The van der Waals surface area contributed by atoms with Crippen LogP contribution >= 0.6 is 0 Å². The van der Waals surface area contributed by atoms with Gasteiger partial charge in [0.25, 0.3) is 0 Å². The molecule has 4 rings (SSSR count). The number of benzene rings is 1. The van der Waals surface area contributed by atoms with Gasteiger partial charge in [0, 0.05) is 23.3 Å². The zero-order chi connectivity index (χ0) is 17.8. The Kier molecular flexibility index (Phi) is 3.87. The lowest BCUT2D eigenvalue weighted by atomic mass is 9.50. The van der Waals surface area contributed by atoms with E-state index in [1.807, 2.05) is 13.0 Å². The molecule has 1 saturated heterocycles. The first-order valence-corrected chi connectivity index (χ1v) is 9.46. The summed E-state index contributed by atoms with van der Waals surface area (Å²) >= 11 is 0. The number of para-hydroxylation sites is 1. The third kappa shape index (κ3) is 2.33. The van der Waals surface area contributed by atoms with Crippen molar-refractivity contribution in [1.82, 2.24) is 0 Å². The fourth-order valence-corrected chi connectivity index (χ4v) is 5.57. The lowest BCUT2D eigenvalue weighted by Gasteiger charge is -2.63. The lowest BCUT2D eigenvalue weighted by molar-refractivity contribution is -0.262. The summed E-state index contributed by atoms with van der Waals surface area (Å²) in [6.07, 6.45) is 1.44. The van der Waals surface area contributed by atoms with Gasteiger partial charge in [-0.2, -0.15) is 0 Å². The van der Waals surface area contributed by atoms with Crippen LogP contribution in [0.2, 0.25) is 0 Å². The number of esters is 1. The van der Waals surface area contributed by atoms with Crippen LogP contribution in [0.5, 0.6) is 5.75 Å². The van der Waals surface area contributed by atoms with Crippen LogP contribution in [0.3, 0.4) is 0 Å². The molecule has 1 aromatic rings. The third-order valence-corrected chi connectivity index (χ3v) is 7.06. The molecule has 2 fully saturated rings. The van der Waals surface area contributed by atoms with Crippen LogP contribution in [0.4, 0.5) is 0 Å². The Labute approximate surface area is 149 Å². The van der Waals surface area contributed by atoms with Gasteiger partial charge in [0.2, 0.25) is 0 Å². The van der Waals surface area contributed by atoms with Gasteiger partial charge in [-0.05, 0) is 31.2 Å². The summed E-state index contributed by atoms with van der Waals surface area (Å²) in [4.78, 5) is 11.8. The van der Waals surface area contributed by atoms with E-state index in [1.54, 1.807) is 0 Å². The van der Waals surface area contributed by atoms with Gasteiger partial charge in [-0.25, -0.2) is 0 Å². The SMILES string of the molecule is CCC(=O)OCC12CO[C@@H]3c4ccccc4OC(C)(CC1C)[C@H]3C2C. The molecule has 2 aliphatic heterocycles. The van der Waals surface area contributed by atoms with Crippen molar-refractivity contribution in [1.29, 1.82) is 0 Å². The Morgan fingerprint density at radius 3 is 2.84 bits per heavy atom. The summed E-state index contributed by atoms with van der Waals surface area (Å²) < 4.78 is 18.6. The Morgan fingerprint density at radius 2 is 2.08 bits per heavy atom. The molecule has 0 amide bonds. The molecule has 1 saturated carbocycles. The summed E-state index contributed by atoms with van der Waals surface area (Å²) in [6.45, 7) is 9.70. The maximum Gasteiger partial charge on any atom is 0.305 e. The monoisotopic (exact) mass is 344 g/mol. The van der Waals surface area contributed by atoms with E-state index in [0.29, 0.717) is 31.5 Å². The summed E-state index contributed by atoms with van der Waals surface area (Å²) in [5.74, 6) is 1.82. The quantitative estimate of drug-likeness (QED) is 0.773. The van der Waals surface area contributed by atoms with E-state index in [2.05, 4.69) is 39.0 Å². The number of carbonyl (C=O) groups excluding carboxylic acids is 1. The molecule has 1 aliphatic carbocycles. The number of fused-ring (bicyclic) bond motifs is 3. The van der Waals surface area contributed by atoms with E-state index >= 15 is 0 Å². The minimum absolute atomic E-state index is 0.0625. The molecule has 25 heavy (non-hydrogen) atoms. The van der Waals surface area contributed by atoms with Crippen molar-refractivity contribution in [2.75, 3.05) is 13.2 Å². The molecule has 3 aliphatic rings. The van der Waals surface area contributed by atoms with Crippen LogP contribution < -0.4 is 4.74 Å². The number of ether oxygens (including phenoxy) is 3. The highest BCUT2D eigenvalue weighted by molar-refractivity contribution is 5.68. The highest BCUT2D eigenvalue weighted by Crippen LogP contribution is 2.63. The fraction of sp³-hybridized carbons (Fsp3) is 0.667. The average molecular weight is 344 g/mol. The van der Waals surface area contributed by atoms with Gasteiger partial charge in [-0.1, -0.05) is 39.0 Å². The zero-order valence-electron chi connectivity index (χ0n) is 15.6. The van der Waals surface area contributed by atoms with Gasteiger partial charge in [0.05, 0.1) is 19.3 Å². The Morgan fingerprint density at radius 1 is 1.32 bits per heavy atom. The molecule has 6 atom stereocenters. The van der Waals surface area contributed by atoms with E-state index in [1.165, 1.54) is 0 Å². The highest BCUT2D eigenvalue weighted by atomic mass is 16.5. The lowest BCUT2D eigenvalue weighted by Crippen LogP contribution is -2.66. The highest BCUT2D eigenvalue weighted by Gasteiger charge is 2.64. The average Bonchev–Trinajstić information content (AvgIpc) is 2.59. The van der Waals surface area contributed by atoms with E-state index in [0.717, 1.165) is 17.7 Å². The summed E-state index contributed by atoms with van der Waals surface area (Å²) in [6, 6.07) is 8.24. The molecule has 1 aromatic carbocycles. The second kappa shape index (κ2) is 5.73. The van der Waals surface area contributed by atoms with E-state index in [-0.39, 0.29) is 29.0 Å². The van der Waals surface area contributed by atoms with Gasteiger partial charge in [-0.3, -0.25) is 4.79 Å². The van der Waals surface area contributed by atoms with Crippen molar-refractivity contribution in [3.8, 4) is 5.75 Å². The smallest absolute Gasteiger partial charge is 0.305 e. The summed E-state index contributed by atoms with van der Waals surface area (Å²) in [5, 5.41) is 0. The van der Waals surface area contributed by atoms with Crippen molar-refractivity contribution < 1.29 is 19.0 Å². The molecule has 4 unspecified atom stereocenters. The molecule has 0 spiro atoms. The van der Waals surface area contributed by atoms with Gasteiger partial charge in [0.15, 0.2) is 0 Å². The largest absolute Gasteiger partial charge is 0.487 e. The molecule has 4 heteroatoms. The molecule has 2 heterocycles. The Balaban J connectivity index is 1.72. The van der Waals surface area contributed by atoms with Crippen molar-refractivity contribution in [3.63, 3.8) is 0 Å². The van der Waals surface area contributed by atoms with Crippen molar-refractivity contribution in [2.45, 2.75) is 52.2 Å². The standard InChI is InChI=1S/C21H28O4/c1-5-17(22)23-11-21-12-24-19-15-8-6-7-9-16(15)25-20(4,10-13(21)2)18(19)14(21)3/h6-9,13-14,18-19H,5,10-12H2,1-4H3/t13?,14?,18-,19+,20?,21?/m0/s1. The number of carbonyl (C=O) groups is 1. The second-order valence-corrected chi connectivity index (χ2v) is 8.35. The zero-order valence-corrected chi connectivity index (χ0v) is 15.6. The first kappa shape index (κ1) is 16.9. The maximum absolute atomic E-state index is 11.8. The van der Waals surface area contributed by atoms with Gasteiger partial charge in [0.1, 0.15) is 11.4 Å². The minimum Gasteiger partial charge on any atom is -0.487 e. The van der Waals surface area contributed by atoms with Crippen LogP contribution in [0.15, 0.2) is 24.3 Å². The first-order chi connectivity index (χ1) is 11.9. The molecule has 0 aromatic heterocycles. The normalized spacial score (nSPS) is 41.4. The molecule has 0 radical (unpaired) electrons. The predicted molar refractivity (Wildman–Crippen MR) is 94.3 cm³/mol. The predicted octanol–water partition coefficient (Wildman–Crippen LogP) is 4.14. The van der Waals surface area contributed by atoms with Gasteiger partial charge < -0.3 is 14.2 Å². The molecular formula is C21H28O4. The van der Waals surface area contributed by atoms with Gasteiger partial charge in [-0.15, -0.1) is 0 Å². The van der Waals surface area contributed by atoms with E-state index in [9.17, 15) is 4.79 Å². The van der Waals surface area contributed by atoms with E-state index in [4.69, 9.17) is 14.2 Å². The Bertz CT molecular complexity index is 686. The Hall–Kier alpha value is -1.55. The molecule has 136 valence electrons. The molecule has 0 N–H and O–H groups in total. The number of hydrogen-bond acceptors (Lipinski definition) is 4. The van der Waals surface area contributed by atoms with Crippen LogP contribution in [0.1, 0.15) is 52.2 Å². The molecular weight excluding hydrogens is 316 g/mol. The minimum atomic E-state index is -0.240. The topological polar surface area (TPSA) is 44.8 Å². The summed E-state index contributed by atoms with van der Waals surface area (Å²) in [7, 11) is 0. The number of rotatable bonds is 3. The van der Waals surface area contributed by atoms with Gasteiger partial charge >= 0.3 is 5.97 Å².